The van der Waals surface area contributed by atoms with Gasteiger partial charge in [0, 0.05) is 12.0 Å². The van der Waals surface area contributed by atoms with Crippen LogP contribution in [0.3, 0.4) is 0 Å². The van der Waals surface area contributed by atoms with Gasteiger partial charge in [0.1, 0.15) is 6.29 Å². The molecule has 1 saturated carbocycles. The lowest BCUT2D eigenvalue weighted by molar-refractivity contribution is -0.115. The molecule has 1 heterocycles. The summed E-state index contributed by atoms with van der Waals surface area (Å²) < 4.78 is 0. The lowest BCUT2D eigenvalue weighted by atomic mass is 9.78. The summed E-state index contributed by atoms with van der Waals surface area (Å²) in [6, 6.07) is 0.730. The van der Waals surface area contributed by atoms with Crippen molar-refractivity contribution in [3.05, 3.63) is 0 Å². The van der Waals surface area contributed by atoms with Gasteiger partial charge in [0.05, 0.1) is 0 Å². The van der Waals surface area contributed by atoms with E-state index in [1.165, 1.54) is 25.9 Å². The molecule has 0 aromatic carbocycles. The molecule has 1 saturated heterocycles. The van der Waals surface area contributed by atoms with E-state index in [0.29, 0.717) is 5.92 Å². The third kappa shape index (κ3) is 2.41. The molecule has 2 heteroatoms. The van der Waals surface area contributed by atoms with Gasteiger partial charge in [-0.15, -0.1) is 0 Å². The summed E-state index contributed by atoms with van der Waals surface area (Å²) in [7, 11) is 0. The van der Waals surface area contributed by atoms with Gasteiger partial charge in [-0.2, -0.15) is 0 Å². The standard InChI is InChI=1S/C13H23NO/c1-10(2)12-3-5-14(6-4-12)13-7-11(8-13)9-15/h9-13H,3-8H2,1-2H3. The summed E-state index contributed by atoms with van der Waals surface area (Å²) in [6.45, 7) is 7.20. The van der Waals surface area contributed by atoms with Crippen LogP contribution in [0.15, 0.2) is 0 Å². The zero-order valence-electron chi connectivity index (χ0n) is 9.98. The van der Waals surface area contributed by atoms with Gasteiger partial charge >= 0.3 is 0 Å². The maximum atomic E-state index is 10.5. The molecule has 0 radical (unpaired) electrons. The first-order valence-corrected chi connectivity index (χ1v) is 6.40. The highest BCUT2D eigenvalue weighted by molar-refractivity contribution is 5.55. The highest BCUT2D eigenvalue weighted by atomic mass is 16.1. The molecule has 0 bridgehead atoms. The first kappa shape index (κ1) is 11.1. The number of hydrogen-bond donors (Lipinski definition) is 0. The van der Waals surface area contributed by atoms with Crippen LogP contribution in [-0.4, -0.2) is 30.3 Å². The molecule has 0 atom stereocenters. The Hall–Kier alpha value is -0.370. The fourth-order valence-corrected chi connectivity index (χ4v) is 2.99. The summed E-state index contributed by atoms with van der Waals surface area (Å²) in [5.74, 6) is 2.15. The van der Waals surface area contributed by atoms with Crippen LogP contribution >= 0.6 is 0 Å². The fraction of sp³-hybridized carbons (Fsp3) is 0.923. The van der Waals surface area contributed by atoms with Crippen molar-refractivity contribution in [1.29, 1.82) is 0 Å². The molecule has 2 rings (SSSR count). The Kier molecular flexibility index (Phi) is 3.45. The molecule has 2 aliphatic rings. The highest BCUT2D eigenvalue weighted by Crippen LogP contribution is 2.34. The molecule has 0 aromatic rings. The summed E-state index contributed by atoms with van der Waals surface area (Å²) in [5, 5.41) is 0. The number of rotatable bonds is 3. The van der Waals surface area contributed by atoms with Crippen LogP contribution in [0.4, 0.5) is 0 Å². The lowest BCUT2D eigenvalue weighted by Crippen LogP contribution is -2.48. The van der Waals surface area contributed by atoms with Crippen LogP contribution in [0.1, 0.15) is 39.5 Å². The first-order chi connectivity index (χ1) is 7.20. The van der Waals surface area contributed by atoms with E-state index in [2.05, 4.69) is 18.7 Å². The normalized spacial score (nSPS) is 34.1. The van der Waals surface area contributed by atoms with Crippen molar-refractivity contribution in [1.82, 2.24) is 4.90 Å². The van der Waals surface area contributed by atoms with Crippen LogP contribution in [0.2, 0.25) is 0 Å². The van der Waals surface area contributed by atoms with Crippen LogP contribution in [-0.2, 0) is 4.79 Å². The van der Waals surface area contributed by atoms with E-state index in [1.54, 1.807) is 0 Å². The third-order valence-corrected chi connectivity index (χ3v) is 4.38. The van der Waals surface area contributed by atoms with Gasteiger partial charge < -0.3 is 9.69 Å². The van der Waals surface area contributed by atoms with E-state index in [-0.39, 0.29) is 0 Å². The van der Waals surface area contributed by atoms with Crippen molar-refractivity contribution in [2.45, 2.75) is 45.6 Å². The van der Waals surface area contributed by atoms with Crippen LogP contribution in [0.5, 0.6) is 0 Å². The van der Waals surface area contributed by atoms with Crippen molar-refractivity contribution in [3.63, 3.8) is 0 Å². The number of carbonyl (C=O) groups excluding carboxylic acids is 1. The highest BCUT2D eigenvalue weighted by Gasteiger charge is 2.35. The second kappa shape index (κ2) is 4.65. The second-order valence-electron chi connectivity index (χ2n) is 5.64. The van der Waals surface area contributed by atoms with Crippen LogP contribution in [0, 0.1) is 17.8 Å². The van der Waals surface area contributed by atoms with Gasteiger partial charge in [-0.05, 0) is 50.6 Å². The van der Waals surface area contributed by atoms with Gasteiger partial charge in [0.25, 0.3) is 0 Å². The Labute approximate surface area is 93.0 Å². The van der Waals surface area contributed by atoms with Gasteiger partial charge in [0.15, 0.2) is 0 Å². The van der Waals surface area contributed by atoms with Gasteiger partial charge in [-0.1, -0.05) is 13.8 Å². The Morgan fingerprint density at radius 3 is 2.27 bits per heavy atom. The molecule has 15 heavy (non-hydrogen) atoms. The topological polar surface area (TPSA) is 20.3 Å². The average molecular weight is 209 g/mol. The SMILES string of the molecule is CC(C)C1CCN(C2CC(C=O)C2)CC1. The van der Waals surface area contributed by atoms with Crippen molar-refractivity contribution in [2.24, 2.45) is 17.8 Å². The van der Waals surface area contributed by atoms with E-state index in [1.807, 2.05) is 0 Å². The maximum Gasteiger partial charge on any atom is 0.123 e. The quantitative estimate of drug-likeness (QED) is 0.665. The zero-order chi connectivity index (χ0) is 10.8. The monoisotopic (exact) mass is 209 g/mol. The average Bonchev–Trinajstić information content (AvgIpc) is 2.17. The molecule has 2 fully saturated rings. The first-order valence-electron chi connectivity index (χ1n) is 6.40. The molecule has 1 aliphatic heterocycles. The van der Waals surface area contributed by atoms with Gasteiger partial charge in [0.2, 0.25) is 0 Å². The molecule has 0 unspecified atom stereocenters. The van der Waals surface area contributed by atoms with Crippen molar-refractivity contribution >= 4 is 6.29 Å². The minimum atomic E-state index is 0.373. The third-order valence-electron chi connectivity index (χ3n) is 4.38. The minimum Gasteiger partial charge on any atom is -0.303 e. The van der Waals surface area contributed by atoms with Gasteiger partial charge in [-0.25, -0.2) is 0 Å². The number of nitrogens with zero attached hydrogens (tertiary/aromatic N) is 1. The molecular formula is C13H23NO. The molecular weight excluding hydrogens is 186 g/mol. The molecule has 2 nitrogen and oxygen atoms in total. The summed E-state index contributed by atoms with van der Waals surface area (Å²) in [4.78, 5) is 13.1. The number of piperidine rings is 1. The molecule has 86 valence electrons. The largest absolute Gasteiger partial charge is 0.303 e. The van der Waals surface area contributed by atoms with E-state index in [0.717, 1.165) is 37.0 Å². The molecule has 0 amide bonds. The van der Waals surface area contributed by atoms with E-state index < -0.39 is 0 Å². The smallest absolute Gasteiger partial charge is 0.123 e. The second-order valence-corrected chi connectivity index (χ2v) is 5.64. The summed E-state index contributed by atoms with van der Waals surface area (Å²) in [5.41, 5.74) is 0. The Morgan fingerprint density at radius 2 is 1.80 bits per heavy atom. The van der Waals surface area contributed by atoms with Gasteiger partial charge in [-0.3, -0.25) is 0 Å². The van der Waals surface area contributed by atoms with E-state index in [4.69, 9.17) is 0 Å². The van der Waals surface area contributed by atoms with Crippen molar-refractivity contribution in [2.75, 3.05) is 13.1 Å². The van der Waals surface area contributed by atoms with Crippen LogP contribution in [0.25, 0.3) is 0 Å². The Morgan fingerprint density at radius 1 is 1.20 bits per heavy atom. The number of aldehydes is 1. The predicted molar refractivity (Wildman–Crippen MR) is 61.7 cm³/mol. The number of likely N-dealkylation sites (tertiary alicyclic amines) is 1. The Bertz CT molecular complexity index is 213. The summed E-state index contributed by atoms with van der Waals surface area (Å²) in [6.07, 6.45) is 6.10. The van der Waals surface area contributed by atoms with Crippen molar-refractivity contribution < 1.29 is 4.79 Å². The zero-order valence-corrected chi connectivity index (χ0v) is 9.98. The molecule has 1 aliphatic carbocycles. The maximum absolute atomic E-state index is 10.5. The minimum absolute atomic E-state index is 0.373. The fourth-order valence-electron chi connectivity index (χ4n) is 2.99. The van der Waals surface area contributed by atoms with E-state index >= 15 is 0 Å². The number of carbonyl (C=O) groups is 1. The molecule has 0 N–H and O–H groups in total. The number of hydrogen-bond acceptors (Lipinski definition) is 2. The summed E-state index contributed by atoms with van der Waals surface area (Å²) >= 11 is 0. The van der Waals surface area contributed by atoms with E-state index in [9.17, 15) is 4.79 Å². The molecule has 0 spiro atoms. The Balaban J connectivity index is 1.72. The molecule has 0 aromatic heterocycles. The predicted octanol–water partition coefficient (Wildman–Crippen LogP) is 2.33. The lowest BCUT2D eigenvalue weighted by Gasteiger charge is -2.44. The van der Waals surface area contributed by atoms with Crippen molar-refractivity contribution in [3.8, 4) is 0 Å². The van der Waals surface area contributed by atoms with Crippen LogP contribution < -0.4 is 0 Å².